The molecule has 1 heterocycles. The van der Waals surface area contributed by atoms with Crippen LogP contribution in [0.1, 0.15) is 0 Å². The first kappa shape index (κ1) is 15.0. The molecule has 6 nitrogen and oxygen atoms in total. The van der Waals surface area contributed by atoms with E-state index in [2.05, 4.69) is 5.32 Å². The molecule has 2 rings (SSSR count). The number of hydrogen-bond acceptors (Lipinski definition) is 5. The molecule has 1 unspecified atom stereocenters. The van der Waals surface area contributed by atoms with E-state index in [1.165, 1.54) is 26.2 Å². The van der Waals surface area contributed by atoms with Gasteiger partial charge in [0.2, 0.25) is 10.0 Å². The minimum atomic E-state index is -3.58. The smallest absolute Gasteiger partial charge is 0.244 e. The molecule has 0 fully saturated rings. The molecule has 0 spiro atoms. The molecule has 0 saturated heterocycles. The van der Waals surface area contributed by atoms with Crippen molar-refractivity contribution < 1.29 is 16.8 Å². The molecule has 1 aromatic carbocycles. The minimum Gasteiger partial charge on any atom is -0.377 e. The Kier molecular flexibility index (Phi) is 3.90. The van der Waals surface area contributed by atoms with Crippen molar-refractivity contribution in [3.8, 4) is 0 Å². The molecule has 0 aromatic heterocycles. The van der Waals surface area contributed by atoms with Crippen molar-refractivity contribution in [2.24, 2.45) is 0 Å². The number of nitrogens with one attached hydrogen (secondary N) is 1. The number of hydrogen-bond donors (Lipinski definition) is 1. The zero-order chi connectivity index (χ0) is 15.0. The summed E-state index contributed by atoms with van der Waals surface area (Å²) in [4.78, 5) is 0.127. The highest BCUT2D eigenvalue weighted by Crippen LogP contribution is 2.25. The molecule has 0 saturated carbocycles. The van der Waals surface area contributed by atoms with Gasteiger partial charge in [-0.15, -0.1) is 0 Å². The van der Waals surface area contributed by atoms with Gasteiger partial charge in [0.25, 0.3) is 0 Å². The summed E-state index contributed by atoms with van der Waals surface area (Å²) in [7, 11) is -3.86. The Morgan fingerprint density at radius 1 is 1.25 bits per heavy atom. The van der Waals surface area contributed by atoms with Crippen LogP contribution in [0.15, 0.2) is 40.6 Å². The van der Waals surface area contributed by atoms with Crippen molar-refractivity contribution in [2.45, 2.75) is 10.9 Å². The summed E-state index contributed by atoms with van der Waals surface area (Å²) < 4.78 is 48.3. The molecule has 0 amide bonds. The number of sulfonamides is 1. The second-order valence-corrected chi connectivity index (χ2v) is 8.74. The third-order valence-corrected chi connectivity index (χ3v) is 6.19. The highest BCUT2D eigenvalue weighted by atomic mass is 32.2. The average Bonchev–Trinajstić information content (AvgIpc) is 2.69. The number of sulfone groups is 1. The van der Waals surface area contributed by atoms with Crippen LogP contribution < -0.4 is 5.32 Å². The lowest BCUT2D eigenvalue weighted by Crippen LogP contribution is -2.26. The lowest BCUT2D eigenvalue weighted by molar-refractivity contribution is 0.521. The molecule has 1 N–H and O–H groups in total. The maximum absolute atomic E-state index is 12.2. The highest BCUT2D eigenvalue weighted by Gasteiger charge is 2.25. The summed E-state index contributed by atoms with van der Waals surface area (Å²) in [5.74, 6) is -0.0661. The topological polar surface area (TPSA) is 83.6 Å². The Balaban J connectivity index is 2.33. The Morgan fingerprint density at radius 3 is 2.45 bits per heavy atom. The molecule has 1 aliphatic heterocycles. The van der Waals surface area contributed by atoms with Gasteiger partial charge in [-0.2, -0.15) is 0 Å². The van der Waals surface area contributed by atoms with Gasteiger partial charge >= 0.3 is 0 Å². The molecule has 1 atom stereocenters. The fourth-order valence-corrected chi connectivity index (χ4v) is 4.16. The normalized spacial score (nSPS) is 21.2. The number of rotatable bonds is 4. The van der Waals surface area contributed by atoms with E-state index >= 15 is 0 Å². The summed E-state index contributed by atoms with van der Waals surface area (Å²) >= 11 is 0. The Labute approximate surface area is 119 Å². The number of nitrogens with zero attached hydrogens (tertiary/aromatic N) is 1. The third-order valence-electron chi connectivity index (χ3n) is 2.92. The van der Waals surface area contributed by atoms with Crippen molar-refractivity contribution >= 4 is 25.5 Å². The fourth-order valence-electron chi connectivity index (χ4n) is 1.87. The van der Waals surface area contributed by atoms with E-state index in [1.54, 1.807) is 18.2 Å². The summed E-state index contributed by atoms with van der Waals surface area (Å²) in [6.07, 6.45) is 1.52. The van der Waals surface area contributed by atoms with E-state index in [1.807, 2.05) is 0 Å². The van der Waals surface area contributed by atoms with Gasteiger partial charge in [-0.1, -0.05) is 18.2 Å². The molecule has 0 bridgehead atoms. The van der Waals surface area contributed by atoms with Crippen LogP contribution in [-0.4, -0.2) is 47.0 Å². The maximum Gasteiger partial charge on any atom is 0.244 e. The van der Waals surface area contributed by atoms with Crippen LogP contribution in [0, 0.1) is 0 Å². The molecule has 1 aromatic rings. The number of para-hydroxylation sites is 1. The van der Waals surface area contributed by atoms with Gasteiger partial charge in [0, 0.05) is 19.5 Å². The summed E-state index contributed by atoms with van der Waals surface area (Å²) in [6, 6.07) is 6.02. The van der Waals surface area contributed by atoms with Crippen molar-refractivity contribution in [3.05, 3.63) is 35.7 Å². The predicted molar refractivity (Wildman–Crippen MR) is 77.7 cm³/mol. The van der Waals surface area contributed by atoms with Crippen LogP contribution >= 0.6 is 0 Å². The highest BCUT2D eigenvalue weighted by molar-refractivity contribution is 7.94. The van der Waals surface area contributed by atoms with Gasteiger partial charge in [0.15, 0.2) is 9.84 Å². The van der Waals surface area contributed by atoms with E-state index < -0.39 is 25.9 Å². The molecule has 0 radical (unpaired) electrons. The number of anilines is 1. The van der Waals surface area contributed by atoms with E-state index in [0.29, 0.717) is 5.69 Å². The second-order valence-electron chi connectivity index (χ2n) is 4.69. The van der Waals surface area contributed by atoms with Crippen LogP contribution in [-0.2, 0) is 19.9 Å². The Bertz CT molecular complexity index is 736. The van der Waals surface area contributed by atoms with Crippen LogP contribution in [0.2, 0.25) is 0 Å². The van der Waals surface area contributed by atoms with Crippen molar-refractivity contribution in [3.63, 3.8) is 0 Å². The van der Waals surface area contributed by atoms with Gasteiger partial charge in [-0.05, 0) is 12.1 Å². The largest absolute Gasteiger partial charge is 0.377 e. The van der Waals surface area contributed by atoms with Gasteiger partial charge in [-0.3, -0.25) is 0 Å². The molecule has 8 heteroatoms. The maximum atomic E-state index is 12.2. The van der Waals surface area contributed by atoms with Crippen LogP contribution in [0.3, 0.4) is 0 Å². The predicted octanol–water partition coefficient (Wildman–Crippen LogP) is 0.660. The first-order valence-corrected chi connectivity index (χ1v) is 9.07. The lowest BCUT2D eigenvalue weighted by Gasteiger charge is -2.18. The summed E-state index contributed by atoms with van der Waals surface area (Å²) in [5, 5.41) is 4.10. The van der Waals surface area contributed by atoms with E-state index in [-0.39, 0.29) is 10.6 Å². The molecule has 0 aliphatic carbocycles. The van der Waals surface area contributed by atoms with Crippen molar-refractivity contribution in [1.29, 1.82) is 0 Å². The fraction of sp³-hybridized carbons (Fsp3) is 0.333. The summed E-state index contributed by atoms with van der Waals surface area (Å²) in [5.41, 5.74) is 0.396. The van der Waals surface area contributed by atoms with Gasteiger partial charge in [0.1, 0.15) is 4.90 Å². The van der Waals surface area contributed by atoms with E-state index in [0.717, 1.165) is 9.71 Å². The Hall–Kier alpha value is -1.38. The Morgan fingerprint density at radius 2 is 1.90 bits per heavy atom. The van der Waals surface area contributed by atoms with Gasteiger partial charge < -0.3 is 5.32 Å². The molecular formula is C12H16N2O4S2. The van der Waals surface area contributed by atoms with Crippen LogP contribution in [0.4, 0.5) is 5.69 Å². The third kappa shape index (κ3) is 3.02. The van der Waals surface area contributed by atoms with E-state index in [9.17, 15) is 16.8 Å². The zero-order valence-corrected chi connectivity index (χ0v) is 12.8. The molecule has 1 aliphatic rings. The zero-order valence-electron chi connectivity index (χ0n) is 11.1. The standard InChI is InChI=1S/C12H16N2O4S2/c1-14(2)20(17,18)12-6-4-3-5-11(12)13-10-7-8-19(15,16)9-10/h3-8,10,13H,9H2,1-2H3. The first-order valence-electron chi connectivity index (χ1n) is 5.91. The monoisotopic (exact) mass is 316 g/mol. The van der Waals surface area contributed by atoms with Crippen LogP contribution in [0.5, 0.6) is 0 Å². The van der Waals surface area contributed by atoms with Gasteiger partial charge in [0.05, 0.1) is 17.5 Å². The lowest BCUT2D eigenvalue weighted by atomic mass is 10.2. The van der Waals surface area contributed by atoms with E-state index in [4.69, 9.17) is 0 Å². The van der Waals surface area contributed by atoms with Crippen LogP contribution in [0.25, 0.3) is 0 Å². The molecular weight excluding hydrogens is 300 g/mol. The quantitative estimate of drug-likeness (QED) is 0.882. The molecule has 110 valence electrons. The second kappa shape index (κ2) is 5.19. The van der Waals surface area contributed by atoms with Crippen molar-refractivity contribution in [2.75, 3.05) is 25.2 Å². The SMILES string of the molecule is CN(C)S(=O)(=O)c1ccccc1NC1C=CS(=O)(=O)C1. The first-order chi connectivity index (χ1) is 9.22. The summed E-state index contributed by atoms with van der Waals surface area (Å²) in [6.45, 7) is 0. The molecule has 20 heavy (non-hydrogen) atoms. The minimum absolute atomic E-state index is 0.0661. The number of benzene rings is 1. The average molecular weight is 316 g/mol. The van der Waals surface area contributed by atoms with Crippen molar-refractivity contribution in [1.82, 2.24) is 4.31 Å². The van der Waals surface area contributed by atoms with Gasteiger partial charge in [-0.25, -0.2) is 21.1 Å².